The Labute approximate surface area is 167 Å². The number of thiophene rings is 1. The predicted octanol–water partition coefficient (Wildman–Crippen LogP) is 2.59. The van der Waals surface area contributed by atoms with Crippen molar-refractivity contribution in [1.29, 1.82) is 0 Å². The summed E-state index contributed by atoms with van der Waals surface area (Å²) in [5.41, 5.74) is 1.25. The lowest BCUT2D eigenvalue weighted by atomic mass is 10.0. The van der Waals surface area contributed by atoms with E-state index in [1.165, 1.54) is 0 Å². The third-order valence-corrected chi connectivity index (χ3v) is 6.46. The quantitative estimate of drug-likeness (QED) is 0.665. The third-order valence-electron chi connectivity index (χ3n) is 4.99. The highest BCUT2D eigenvalue weighted by molar-refractivity contribution is 7.16. The van der Waals surface area contributed by atoms with Gasteiger partial charge in [0, 0.05) is 37.3 Å². The van der Waals surface area contributed by atoms with E-state index in [0.29, 0.717) is 12.5 Å². The molecule has 4 heterocycles. The number of carbonyl (C=O) groups is 1. The number of hydrogen-bond donors (Lipinski definition) is 2. The second kappa shape index (κ2) is 6.99. The molecule has 3 aromatic rings. The second-order valence-corrected chi connectivity index (χ2v) is 8.26. The first-order chi connectivity index (χ1) is 13.4. The Balaban J connectivity index is 1.63. The summed E-state index contributed by atoms with van der Waals surface area (Å²) in [6, 6.07) is 5.68. The van der Waals surface area contributed by atoms with E-state index in [9.17, 15) is 4.79 Å². The zero-order chi connectivity index (χ0) is 19.9. The van der Waals surface area contributed by atoms with Gasteiger partial charge in [-0.3, -0.25) is 9.48 Å². The van der Waals surface area contributed by atoms with Crippen LogP contribution >= 0.6 is 11.3 Å². The predicted molar refractivity (Wildman–Crippen MR) is 110 cm³/mol. The number of rotatable bonds is 6. The smallest absolute Gasteiger partial charge is 0.255 e. The first kappa shape index (κ1) is 18.6. The van der Waals surface area contributed by atoms with E-state index in [2.05, 4.69) is 39.5 Å². The first-order valence-corrected chi connectivity index (χ1v) is 9.93. The Hall–Kier alpha value is -2.78. The molecule has 3 aromatic heterocycles. The van der Waals surface area contributed by atoms with Crippen LogP contribution in [-0.4, -0.2) is 50.7 Å². The van der Waals surface area contributed by atoms with E-state index in [-0.39, 0.29) is 11.4 Å². The molecule has 0 aliphatic carbocycles. The minimum atomic E-state index is -0.324. The Morgan fingerprint density at radius 3 is 2.75 bits per heavy atom. The van der Waals surface area contributed by atoms with Gasteiger partial charge >= 0.3 is 0 Å². The Morgan fingerprint density at radius 2 is 2.07 bits per heavy atom. The molecule has 4 rings (SSSR count). The maximum Gasteiger partial charge on any atom is 0.255 e. The number of nitrogens with one attached hydrogen (secondary N) is 2. The molecule has 2 N–H and O–H groups in total. The van der Waals surface area contributed by atoms with E-state index < -0.39 is 0 Å². The Kier molecular flexibility index (Phi) is 4.64. The molecule has 9 heteroatoms. The molecule has 146 valence electrons. The summed E-state index contributed by atoms with van der Waals surface area (Å²) >= 11 is 1.62. The first-order valence-electron chi connectivity index (χ1n) is 9.11. The van der Waals surface area contributed by atoms with Gasteiger partial charge in [-0.2, -0.15) is 5.10 Å². The molecule has 1 aliphatic heterocycles. The molecule has 0 fully saturated rings. The fraction of sp³-hybridized carbons (Fsp3) is 0.368. The van der Waals surface area contributed by atoms with Crippen molar-refractivity contribution in [2.75, 3.05) is 25.5 Å². The fourth-order valence-electron chi connectivity index (χ4n) is 3.42. The van der Waals surface area contributed by atoms with Crippen LogP contribution in [0.5, 0.6) is 0 Å². The van der Waals surface area contributed by atoms with E-state index in [1.54, 1.807) is 28.4 Å². The van der Waals surface area contributed by atoms with Crippen LogP contribution in [0.15, 0.2) is 30.6 Å². The topological polar surface area (TPSA) is 88.0 Å². The molecule has 0 unspecified atom stereocenters. The maximum atomic E-state index is 12.9. The van der Waals surface area contributed by atoms with Crippen molar-refractivity contribution in [3.8, 4) is 10.6 Å². The molecule has 8 nitrogen and oxygen atoms in total. The SMILES string of the molecule is CNCCN1C(=O)c2cc(-c3ccnc(Nc4ccnn4C)n3)sc2C1(C)C. The van der Waals surface area contributed by atoms with Gasteiger partial charge in [0.05, 0.1) is 27.9 Å². The highest BCUT2D eigenvalue weighted by Gasteiger charge is 2.44. The average Bonchev–Trinajstić information content (AvgIpc) is 3.33. The highest BCUT2D eigenvalue weighted by atomic mass is 32.1. The van der Waals surface area contributed by atoms with Crippen LogP contribution in [0.4, 0.5) is 11.8 Å². The van der Waals surface area contributed by atoms with Crippen molar-refractivity contribution in [2.45, 2.75) is 19.4 Å². The molecule has 1 aliphatic rings. The zero-order valence-corrected chi connectivity index (χ0v) is 17.2. The van der Waals surface area contributed by atoms with Gasteiger partial charge in [-0.15, -0.1) is 11.3 Å². The Morgan fingerprint density at radius 1 is 1.25 bits per heavy atom. The number of nitrogens with zero attached hydrogens (tertiary/aromatic N) is 5. The van der Waals surface area contributed by atoms with Crippen LogP contribution in [-0.2, 0) is 12.6 Å². The van der Waals surface area contributed by atoms with Gasteiger partial charge in [0.2, 0.25) is 5.95 Å². The van der Waals surface area contributed by atoms with Crippen LogP contribution in [0.25, 0.3) is 10.6 Å². The molecule has 0 bridgehead atoms. The summed E-state index contributed by atoms with van der Waals surface area (Å²) in [6.07, 6.45) is 3.43. The number of likely N-dealkylation sites (N-methyl/N-ethyl adjacent to an activating group) is 1. The number of hydrogen-bond acceptors (Lipinski definition) is 7. The van der Waals surface area contributed by atoms with Crippen LogP contribution in [0.2, 0.25) is 0 Å². The summed E-state index contributed by atoms with van der Waals surface area (Å²) in [5.74, 6) is 1.39. The van der Waals surface area contributed by atoms with Gasteiger partial charge in [0.15, 0.2) is 0 Å². The van der Waals surface area contributed by atoms with Crippen molar-refractivity contribution in [3.63, 3.8) is 0 Å². The van der Waals surface area contributed by atoms with Gasteiger partial charge in [0.25, 0.3) is 5.91 Å². The van der Waals surface area contributed by atoms with Crippen molar-refractivity contribution in [2.24, 2.45) is 7.05 Å². The van der Waals surface area contributed by atoms with E-state index >= 15 is 0 Å². The number of aromatic nitrogens is 4. The number of aryl methyl sites for hydroxylation is 1. The van der Waals surface area contributed by atoms with Gasteiger partial charge in [-0.05, 0) is 33.0 Å². The van der Waals surface area contributed by atoms with Crippen LogP contribution in [0, 0.1) is 0 Å². The number of amides is 1. The normalized spacial score (nSPS) is 15.1. The standard InChI is InChI=1S/C19H23N7OS/c1-19(2)16-12(17(27)26(19)10-9-20-3)11-14(28-16)13-5-7-21-18(23-13)24-15-6-8-22-25(15)4/h5-8,11,20H,9-10H2,1-4H3,(H,21,23,24). The molecule has 0 radical (unpaired) electrons. The van der Waals surface area contributed by atoms with Gasteiger partial charge < -0.3 is 15.5 Å². The third kappa shape index (κ3) is 3.06. The monoisotopic (exact) mass is 397 g/mol. The van der Waals surface area contributed by atoms with Gasteiger partial charge in [-0.25, -0.2) is 9.97 Å². The molecule has 0 spiro atoms. The lowest BCUT2D eigenvalue weighted by molar-refractivity contribution is 0.0626. The van der Waals surface area contributed by atoms with Gasteiger partial charge in [0.1, 0.15) is 5.82 Å². The van der Waals surface area contributed by atoms with Gasteiger partial charge in [-0.1, -0.05) is 0 Å². The van der Waals surface area contributed by atoms with Crippen LogP contribution < -0.4 is 10.6 Å². The molecular formula is C19H23N7OS. The van der Waals surface area contributed by atoms with Crippen molar-refractivity contribution in [3.05, 3.63) is 41.0 Å². The largest absolute Gasteiger partial charge is 0.327 e. The molecule has 28 heavy (non-hydrogen) atoms. The number of carbonyl (C=O) groups excluding carboxylic acids is 1. The minimum absolute atomic E-state index is 0.0834. The van der Waals surface area contributed by atoms with Crippen molar-refractivity contribution < 1.29 is 4.79 Å². The number of anilines is 2. The van der Waals surface area contributed by atoms with Crippen LogP contribution in [0.3, 0.4) is 0 Å². The summed E-state index contributed by atoms with van der Waals surface area (Å²) in [6.45, 7) is 5.65. The summed E-state index contributed by atoms with van der Waals surface area (Å²) in [4.78, 5) is 25.8. The second-order valence-electron chi connectivity index (χ2n) is 7.20. The number of fused-ring (bicyclic) bond motifs is 1. The lowest BCUT2D eigenvalue weighted by Crippen LogP contribution is -2.42. The van der Waals surface area contributed by atoms with Crippen LogP contribution in [0.1, 0.15) is 29.1 Å². The molecule has 0 aromatic carbocycles. The minimum Gasteiger partial charge on any atom is -0.327 e. The van der Waals surface area contributed by atoms with Crippen molar-refractivity contribution >= 4 is 29.0 Å². The fourth-order valence-corrected chi connectivity index (χ4v) is 4.66. The molecule has 1 amide bonds. The van der Waals surface area contributed by atoms with E-state index in [4.69, 9.17) is 0 Å². The lowest BCUT2D eigenvalue weighted by Gasteiger charge is -2.32. The summed E-state index contributed by atoms with van der Waals surface area (Å²) < 4.78 is 1.72. The summed E-state index contributed by atoms with van der Waals surface area (Å²) in [7, 11) is 3.75. The molecular weight excluding hydrogens is 374 g/mol. The zero-order valence-electron chi connectivity index (χ0n) is 16.4. The maximum absolute atomic E-state index is 12.9. The van der Waals surface area contributed by atoms with Crippen molar-refractivity contribution in [1.82, 2.24) is 30.0 Å². The van der Waals surface area contributed by atoms with E-state index in [0.717, 1.165) is 33.4 Å². The molecule has 0 saturated carbocycles. The average molecular weight is 398 g/mol. The highest BCUT2D eigenvalue weighted by Crippen LogP contribution is 2.45. The molecule has 0 atom stereocenters. The molecule has 0 saturated heterocycles. The Bertz CT molecular complexity index is 1020. The summed E-state index contributed by atoms with van der Waals surface area (Å²) in [5, 5.41) is 10.4. The van der Waals surface area contributed by atoms with E-state index in [1.807, 2.05) is 37.2 Å².